The summed E-state index contributed by atoms with van der Waals surface area (Å²) < 4.78 is 11.0. The molecule has 5 heteroatoms. The molecule has 25 heavy (non-hydrogen) atoms. The Morgan fingerprint density at radius 3 is 2.72 bits per heavy atom. The second kappa shape index (κ2) is 9.66. The first-order chi connectivity index (χ1) is 12.0. The van der Waals surface area contributed by atoms with Crippen molar-refractivity contribution in [2.75, 3.05) is 27.3 Å². The molecule has 1 unspecified atom stereocenters. The number of hydrogen-bond donors (Lipinski definition) is 2. The van der Waals surface area contributed by atoms with Gasteiger partial charge in [-0.3, -0.25) is 4.79 Å². The lowest BCUT2D eigenvalue weighted by atomic mass is 9.86. The minimum Gasteiger partial charge on any atom is -0.493 e. The van der Waals surface area contributed by atoms with Crippen LogP contribution in [0.1, 0.15) is 45.1 Å². The lowest BCUT2D eigenvalue weighted by Gasteiger charge is -2.29. The Hall–Kier alpha value is -1.75. The lowest BCUT2D eigenvalue weighted by molar-refractivity contribution is -0.885. The number of benzene rings is 1. The monoisotopic (exact) mass is 349 g/mol. The van der Waals surface area contributed by atoms with Crippen molar-refractivity contribution >= 4 is 5.91 Å². The molecule has 1 aliphatic rings. The van der Waals surface area contributed by atoms with E-state index in [4.69, 9.17) is 9.47 Å². The molecule has 5 nitrogen and oxygen atoms in total. The fourth-order valence-corrected chi connectivity index (χ4v) is 3.57. The van der Waals surface area contributed by atoms with Gasteiger partial charge in [0, 0.05) is 11.6 Å². The van der Waals surface area contributed by atoms with Crippen molar-refractivity contribution < 1.29 is 19.2 Å². The molecule has 0 spiro atoms. The molecule has 1 aromatic carbocycles. The van der Waals surface area contributed by atoms with Crippen molar-refractivity contribution in [2.45, 2.75) is 52.1 Å². The van der Waals surface area contributed by atoms with Gasteiger partial charge < -0.3 is 19.7 Å². The smallest absolute Gasteiger partial charge is 0.275 e. The number of quaternary nitrogens is 1. The van der Waals surface area contributed by atoms with Gasteiger partial charge in [0.05, 0.1) is 20.8 Å². The highest BCUT2D eigenvalue weighted by Crippen LogP contribution is 2.27. The Bertz CT molecular complexity index is 562. The van der Waals surface area contributed by atoms with Gasteiger partial charge in [0.1, 0.15) is 6.54 Å². The van der Waals surface area contributed by atoms with E-state index in [9.17, 15) is 4.79 Å². The second-order valence-corrected chi connectivity index (χ2v) is 7.16. The molecule has 2 rings (SSSR count). The fraction of sp³-hybridized carbons (Fsp3) is 0.650. The fourth-order valence-electron chi connectivity index (χ4n) is 3.57. The number of carbonyl (C=O) groups excluding carboxylic acids is 1. The van der Waals surface area contributed by atoms with Crippen LogP contribution in [0.5, 0.6) is 11.5 Å². The summed E-state index contributed by atoms with van der Waals surface area (Å²) in [5.41, 5.74) is 1.14. The predicted molar refractivity (Wildman–Crippen MR) is 99.2 cm³/mol. The van der Waals surface area contributed by atoms with Gasteiger partial charge in [-0.2, -0.15) is 0 Å². The van der Waals surface area contributed by atoms with Crippen molar-refractivity contribution in [1.82, 2.24) is 5.32 Å². The number of hydrogen-bond acceptors (Lipinski definition) is 3. The third-order valence-corrected chi connectivity index (χ3v) is 4.95. The molecule has 1 aliphatic carbocycles. The molecular formula is C20H33N2O3+. The van der Waals surface area contributed by atoms with E-state index < -0.39 is 0 Å². The normalized spacial score (nSPS) is 21.4. The average molecular weight is 349 g/mol. The van der Waals surface area contributed by atoms with Crippen LogP contribution in [0.4, 0.5) is 0 Å². The quantitative estimate of drug-likeness (QED) is 0.752. The molecule has 0 saturated heterocycles. The zero-order valence-electron chi connectivity index (χ0n) is 16.1. The molecule has 3 atom stereocenters. The van der Waals surface area contributed by atoms with Crippen molar-refractivity contribution in [1.29, 1.82) is 0 Å². The largest absolute Gasteiger partial charge is 0.493 e. The van der Waals surface area contributed by atoms with Gasteiger partial charge in [-0.1, -0.05) is 19.8 Å². The SMILES string of the molecule is CCOc1ccc(C[NH+](C)CC(=O)N[C@H]2CCCC[C@@H]2C)cc1OC. The van der Waals surface area contributed by atoms with Crippen molar-refractivity contribution in [3.8, 4) is 11.5 Å². The summed E-state index contributed by atoms with van der Waals surface area (Å²) in [6, 6.07) is 6.32. The average Bonchev–Trinajstić information content (AvgIpc) is 2.58. The van der Waals surface area contributed by atoms with Crippen LogP contribution in [0.3, 0.4) is 0 Å². The number of methoxy groups -OCH3 is 1. The van der Waals surface area contributed by atoms with Gasteiger partial charge >= 0.3 is 0 Å². The Morgan fingerprint density at radius 2 is 2.04 bits per heavy atom. The van der Waals surface area contributed by atoms with Crippen LogP contribution < -0.4 is 19.7 Å². The van der Waals surface area contributed by atoms with Crippen molar-refractivity contribution in [2.24, 2.45) is 5.92 Å². The second-order valence-electron chi connectivity index (χ2n) is 7.16. The maximum absolute atomic E-state index is 12.3. The Kier molecular flexibility index (Phi) is 7.56. The molecule has 0 aliphatic heterocycles. The maximum atomic E-state index is 12.3. The van der Waals surface area contributed by atoms with Crippen LogP contribution in [-0.2, 0) is 11.3 Å². The molecule has 1 saturated carbocycles. The van der Waals surface area contributed by atoms with E-state index in [1.807, 2.05) is 32.2 Å². The van der Waals surface area contributed by atoms with Crippen LogP contribution in [0.2, 0.25) is 0 Å². The molecular weight excluding hydrogens is 316 g/mol. The van der Waals surface area contributed by atoms with Crippen molar-refractivity contribution in [3.63, 3.8) is 0 Å². The topological polar surface area (TPSA) is 52.0 Å². The highest BCUT2D eigenvalue weighted by molar-refractivity contribution is 5.77. The molecule has 2 N–H and O–H groups in total. The Labute approximate surface area is 151 Å². The van der Waals surface area contributed by atoms with Crippen LogP contribution in [0.25, 0.3) is 0 Å². The highest BCUT2D eigenvalue weighted by atomic mass is 16.5. The van der Waals surface area contributed by atoms with Crippen LogP contribution in [0.15, 0.2) is 18.2 Å². The first-order valence-corrected chi connectivity index (χ1v) is 9.43. The van der Waals surface area contributed by atoms with Gasteiger partial charge in [0.25, 0.3) is 5.91 Å². The summed E-state index contributed by atoms with van der Waals surface area (Å²) in [7, 11) is 3.70. The van der Waals surface area contributed by atoms with E-state index in [1.54, 1.807) is 7.11 Å². The van der Waals surface area contributed by atoms with Gasteiger partial charge in [0.15, 0.2) is 18.0 Å². The van der Waals surface area contributed by atoms with Gasteiger partial charge in [-0.15, -0.1) is 0 Å². The van der Waals surface area contributed by atoms with E-state index >= 15 is 0 Å². The number of ether oxygens (including phenoxy) is 2. The zero-order chi connectivity index (χ0) is 18.2. The summed E-state index contributed by atoms with van der Waals surface area (Å²) in [5, 5.41) is 3.23. The molecule has 1 amide bonds. The summed E-state index contributed by atoms with van der Waals surface area (Å²) >= 11 is 0. The summed E-state index contributed by atoms with van der Waals surface area (Å²) in [4.78, 5) is 13.5. The van der Waals surface area contributed by atoms with Crippen LogP contribution in [0, 0.1) is 5.92 Å². The zero-order valence-corrected chi connectivity index (χ0v) is 16.1. The number of likely N-dealkylation sites (N-methyl/N-ethyl adjacent to an activating group) is 1. The predicted octanol–water partition coefficient (Wildman–Crippen LogP) is 1.80. The molecule has 1 fully saturated rings. The van der Waals surface area contributed by atoms with E-state index in [2.05, 4.69) is 12.2 Å². The number of nitrogens with one attached hydrogen (secondary N) is 2. The molecule has 0 radical (unpaired) electrons. The first-order valence-electron chi connectivity index (χ1n) is 9.43. The maximum Gasteiger partial charge on any atom is 0.275 e. The number of amides is 1. The number of carbonyl (C=O) groups is 1. The summed E-state index contributed by atoms with van der Waals surface area (Å²) in [6.45, 7) is 6.07. The third kappa shape index (κ3) is 5.92. The number of rotatable bonds is 8. The Morgan fingerprint density at radius 1 is 1.28 bits per heavy atom. The van der Waals surface area contributed by atoms with Gasteiger partial charge in [-0.05, 0) is 43.9 Å². The molecule has 0 heterocycles. The lowest BCUT2D eigenvalue weighted by Crippen LogP contribution is -3.09. The molecule has 140 valence electrons. The molecule has 0 aromatic heterocycles. The summed E-state index contributed by atoms with van der Waals surface area (Å²) in [5.74, 6) is 2.24. The van der Waals surface area contributed by atoms with E-state index in [-0.39, 0.29) is 5.91 Å². The first kappa shape index (κ1) is 19.6. The van der Waals surface area contributed by atoms with Gasteiger partial charge in [-0.25, -0.2) is 0 Å². The third-order valence-electron chi connectivity index (χ3n) is 4.95. The molecule has 1 aromatic rings. The van der Waals surface area contributed by atoms with E-state index in [0.29, 0.717) is 25.1 Å². The van der Waals surface area contributed by atoms with E-state index in [1.165, 1.54) is 19.3 Å². The van der Waals surface area contributed by atoms with Crippen LogP contribution >= 0.6 is 0 Å². The van der Waals surface area contributed by atoms with Gasteiger partial charge in [0.2, 0.25) is 0 Å². The minimum absolute atomic E-state index is 0.147. The van der Waals surface area contributed by atoms with E-state index in [0.717, 1.165) is 34.9 Å². The minimum atomic E-state index is 0.147. The van der Waals surface area contributed by atoms with Crippen LogP contribution in [-0.4, -0.2) is 39.3 Å². The highest BCUT2D eigenvalue weighted by Gasteiger charge is 2.23. The Balaban J connectivity index is 1.86. The standard InChI is InChI=1S/C20H32N2O3/c1-5-25-18-11-10-16(12-19(18)24-4)13-22(3)14-20(23)21-17-9-7-6-8-15(17)2/h10-12,15,17H,5-9,13-14H2,1-4H3,(H,21,23)/p+1/t15-,17-/m0/s1. The van der Waals surface area contributed by atoms with Crippen molar-refractivity contribution in [3.05, 3.63) is 23.8 Å². The summed E-state index contributed by atoms with van der Waals surface area (Å²) in [6.07, 6.45) is 4.85. The molecule has 0 bridgehead atoms.